The van der Waals surface area contributed by atoms with Crippen molar-refractivity contribution in [2.45, 2.75) is 13.8 Å². The van der Waals surface area contributed by atoms with Gasteiger partial charge in [-0.05, 0) is 26.0 Å². The molecule has 1 aliphatic rings. The Hall–Kier alpha value is -1.58. The van der Waals surface area contributed by atoms with E-state index in [9.17, 15) is 4.79 Å². The lowest BCUT2D eigenvalue weighted by Crippen LogP contribution is -2.24. The smallest absolute Gasteiger partial charge is 0.434 e. The Morgan fingerprint density at radius 2 is 2.38 bits per heavy atom. The van der Waals surface area contributed by atoms with Crippen LogP contribution in [-0.4, -0.2) is 23.9 Å². The Morgan fingerprint density at radius 3 is 3.08 bits per heavy atom. The average Bonchev–Trinajstić information content (AvgIpc) is 2.30. The summed E-state index contributed by atoms with van der Waals surface area (Å²) in [6.07, 6.45) is 6.46. The summed E-state index contributed by atoms with van der Waals surface area (Å²) < 4.78 is 4.81. The summed E-state index contributed by atoms with van der Waals surface area (Å²) in [6, 6.07) is 0. The zero-order valence-corrected chi connectivity index (χ0v) is 7.73. The number of amides is 1. The monoisotopic (exact) mass is 180 g/mol. The summed E-state index contributed by atoms with van der Waals surface area (Å²) in [6.45, 7) is 3.91. The molecule has 0 saturated heterocycles. The Kier molecular flexibility index (Phi) is 3.25. The fraction of sp³-hybridized carbons (Fsp3) is 0.333. The zero-order chi connectivity index (χ0) is 9.68. The normalized spacial score (nSPS) is 15.2. The molecule has 0 spiro atoms. The Bertz CT molecular complexity index is 279. The minimum Gasteiger partial charge on any atom is -0.448 e. The van der Waals surface area contributed by atoms with Gasteiger partial charge in [-0.2, -0.15) is 10.1 Å². The van der Waals surface area contributed by atoms with Crippen LogP contribution < -0.4 is 0 Å². The first-order chi connectivity index (χ1) is 6.25. The molecule has 0 N–H and O–H groups in total. The third-order valence-electron chi connectivity index (χ3n) is 1.49. The zero-order valence-electron chi connectivity index (χ0n) is 7.73. The fourth-order valence-electron chi connectivity index (χ4n) is 0.887. The van der Waals surface area contributed by atoms with Gasteiger partial charge >= 0.3 is 6.09 Å². The molecule has 0 fully saturated rings. The van der Waals surface area contributed by atoms with Crippen molar-refractivity contribution in [3.05, 3.63) is 23.9 Å². The molecule has 0 radical (unpaired) electrons. The van der Waals surface area contributed by atoms with Crippen LogP contribution >= 0.6 is 0 Å². The Morgan fingerprint density at radius 1 is 1.62 bits per heavy atom. The van der Waals surface area contributed by atoms with E-state index in [1.54, 1.807) is 32.2 Å². The second kappa shape index (κ2) is 4.45. The van der Waals surface area contributed by atoms with Crippen molar-refractivity contribution in [2.75, 3.05) is 6.61 Å². The fourth-order valence-corrected chi connectivity index (χ4v) is 0.887. The summed E-state index contributed by atoms with van der Waals surface area (Å²) in [5.74, 6) is 0. The molecule has 1 heterocycles. The van der Waals surface area contributed by atoms with Gasteiger partial charge < -0.3 is 4.74 Å². The van der Waals surface area contributed by atoms with Crippen LogP contribution in [0.5, 0.6) is 0 Å². The SMILES string of the molecule is CCOC(=O)N1N=CC=CC=C1C. The second-order valence-corrected chi connectivity index (χ2v) is 2.47. The molecule has 0 aromatic rings. The van der Waals surface area contributed by atoms with E-state index < -0.39 is 6.09 Å². The van der Waals surface area contributed by atoms with Crippen LogP contribution in [0.25, 0.3) is 0 Å². The molecule has 0 unspecified atom stereocenters. The van der Waals surface area contributed by atoms with E-state index in [-0.39, 0.29) is 0 Å². The number of hydrogen-bond donors (Lipinski definition) is 0. The molecule has 1 rings (SSSR count). The van der Waals surface area contributed by atoms with Crippen molar-refractivity contribution in [2.24, 2.45) is 5.10 Å². The lowest BCUT2D eigenvalue weighted by Gasteiger charge is -2.15. The van der Waals surface area contributed by atoms with Gasteiger partial charge in [0, 0.05) is 11.9 Å². The van der Waals surface area contributed by atoms with E-state index in [1.807, 2.05) is 6.08 Å². The third-order valence-corrected chi connectivity index (χ3v) is 1.49. The van der Waals surface area contributed by atoms with Gasteiger partial charge in [-0.15, -0.1) is 0 Å². The molecule has 0 bridgehead atoms. The molecule has 0 aromatic carbocycles. The van der Waals surface area contributed by atoms with Crippen LogP contribution in [-0.2, 0) is 4.74 Å². The van der Waals surface area contributed by atoms with Crippen LogP contribution in [0.15, 0.2) is 29.0 Å². The largest absolute Gasteiger partial charge is 0.448 e. The van der Waals surface area contributed by atoms with Crippen molar-refractivity contribution in [1.82, 2.24) is 5.01 Å². The predicted octanol–water partition coefficient (Wildman–Crippen LogP) is 1.90. The molecule has 0 saturated carbocycles. The maximum Gasteiger partial charge on any atom is 0.434 e. The lowest BCUT2D eigenvalue weighted by atomic mass is 10.4. The molecule has 70 valence electrons. The Labute approximate surface area is 77.2 Å². The van der Waals surface area contributed by atoms with Crippen molar-refractivity contribution in [1.29, 1.82) is 0 Å². The molecule has 1 amide bonds. The van der Waals surface area contributed by atoms with Crippen molar-refractivity contribution in [3.63, 3.8) is 0 Å². The summed E-state index contributed by atoms with van der Waals surface area (Å²) in [7, 11) is 0. The highest BCUT2D eigenvalue weighted by Crippen LogP contribution is 2.08. The van der Waals surface area contributed by atoms with Crippen LogP contribution in [0, 0.1) is 0 Å². The summed E-state index contributed by atoms with van der Waals surface area (Å²) in [5, 5.41) is 5.13. The first-order valence-corrected chi connectivity index (χ1v) is 4.10. The minimum atomic E-state index is -0.448. The molecule has 13 heavy (non-hydrogen) atoms. The lowest BCUT2D eigenvalue weighted by molar-refractivity contribution is 0.120. The molecule has 0 aliphatic carbocycles. The summed E-state index contributed by atoms with van der Waals surface area (Å²) in [5.41, 5.74) is 0.739. The first-order valence-electron chi connectivity index (χ1n) is 4.10. The second-order valence-electron chi connectivity index (χ2n) is 2.47. The van der Waals surface area contributed by atoms with E-state index in [1.165, 1.54) is 5.01 Å². The average molecular weight is 180 g/mol. The third kappa shape index (κ3) is 2.43. The van der Waals surface area contributed by atoms with E-state index in [0.29, 0.717) is 6.61 Å². The highest BCUT2D eigenvalue weighted by molar-refractivity contribution is 5.76. The molecule has 0 atom stereocenters. The molecular weight excluding hydrogens is 168 g/mol. The highest BCUT2D eigenvalue weighted by atomic mass is 16.6. The number of rotatable bonds is 1. The van der Waals surface area contributed by atoms with Gasteiger partial charge in [-0.3, -0.25) is 0 Å². The van der Waals surface area contributed by atoms with Gasteiger partial charge in [0.05, 0.1) is 6.61 Å². The molecule has 0 aromatic heterocycles. The topological polar surface area (TPSA) is 41.9 Å². The van der Waals surface area contributed by atoms with E-state index >= 15 is 0 Å². The molecule has 4 heteroatoms. The van der Waals surface area contributed by atoms with Gasteiger partial charge in [-0.25, -0.2) is 4.79 Å². The minimum absolute atomic E-state index is 0.353. The number of nitrogens with zero attached hydrogens (tertiary/aromatic N) is 2. The molecule has 4 nitrogen and oxygen atoms in total. The van der Waals surface area contributed by atoms with Crippen molar-refractivity contribution < 1.29 is 9.53 Å². The standard InChI is InChI=1S/C9H12N2O2/c1-3-13-9(12)11-8(2)6-4-5-7-10-11/h4-7H,3H2,1-2H3. The van der Waals surface area contributed by atoms with E-state index in [4.69, 9.17) is 4.74 Å². The van der Waals surface area contributed by atoms with Crippen LogP contribution in [0.1, 0.15) is 13.8 Å². The van der Waals surface area contributed by atoms with Gasteiger partial charge in [-0.1, -0.05) is 6.08 Å². The summed E-state index contributed by atoms with van der Waals surface area (Å²) >= 11 is 0. The van der Waals surface area contributed by atoms with Gasteiger partial charge in [0.1, 0.15) is 0 Å². The number of hydrazone groups is 1. The quantitative estimate of drug-likeness (QED) is 0.618. The maximum atomic E-state index is 11.3. The van der Waals surface area contributed by atoms with Crippen LogP contribution in [0.2, 0.25) is 0 Å². The van der Waals surface area contributed by atoms with Gasteiger partial charge in [0.25, 0.3) is 0 Å². The number of ether oxygens (including phenoxy) is 1. The van der Waals surface area contributed by atoms with Crippen molar-refractivity contribution >= 4 is 12.3 Å². The van der Waals surface area contributed by atoms with Gasteiger partial charge in [0.2, 0.25) is 0 Å². The van der Waals surface area contributed by atoms with Gasteiger partial charge in [0.15, 0.2) is 0 Å². The maximum absolute atomic E-state index is 11.3. The van der Waals surface area contributed by atoms with Crippen molar-refractivity contribution in [3.8, 4) is 0 Å². The number of carbonyl (C=O) groups is 1. The van der Waals surface area contributed by atoms with E-state index in [0.717, 1.165) is 5.70 Å². The predicted molar refractivity (Wildman–Crippen MR) is 50.3 cm³/mol. The molecular formula is C9H12N2O2. The number of carbonyl (C=O) groups excluding carboxylic acids is 1. The van der Waals surface area contributed by atoms with E-state index in [2.05, 4.69) is 5.10 Å². The molecule has 1 aliphatic heterocycles. The first kappa shape index (κ1) is 9.51. The van der Waals surface area contributed by atoms with Crippen LogP contribution in [0.4, 0.5) is 4.79 Å². The summed E-state index contributed by atoms with van der Waals surface area (Å²) in [4.78, 5) is 11.3. The Balaban J connectivity index is 2.73. The highest BCUT2D eigenvalue weighted by Gasteiger charge is 2.14. The number of hydrogen-bond acceptors (Lipinski definition) is 3. The van der Waals surface area contributed by atoms with Crippen LogP contribution in [0.3, 0.4) is 0 Å². The number of allylic oxidation sites excluding steroid dienone is 4.